The molecule has 0 bridgehead atoms. The average molecular weight is 244 g/mol. The minimum atomic E-state index is -0.412. The van der Waals surface area contributed by atoms with Crippen molar-refractivity contribution in [2.45, 2.75) is 44.8 Å². The summed E-state index contributed by atoms with van der Waals surface area (Å²) in [6.07, 6.45) is 3.23. The quantitative estimate of drug-likeness (QED) is 0.836. The number of aliphatic hydroxyl groups is 1. The highest BCUT2D eigenvalue weighted by atomic mass is 16.3. The van der Waals surface area contributed by atoms with Gasteiger partial charge in [0.25, 0.3) is 0 Å². The summed E-state index contributed by atoms with van der Waals surface area (Å²) in [5.41, 5.74) is 2.09. The largest absolute Gasteiger partial charge is 0.388 e. The van der Waals surface area contributed by atoms with Gasteiger partial charge in [0.1, 0.15) is 0 Å². The molecule has 1 saturated carbocycles. The lowest BCUT2D eigenvalue weighted by Gasteiger charge is -2.27. The van der Waals surface area contributed by atoms with Gasteiger partial charge < -0.3 is 10.0 Å². The summed E-state index contributed by atoms with van der Waals surface area (Å²) in [6.45, 7) is 2.74. The van der Waals surface area contributed by atoms with Crippen molar-refractivity contribution in [3.63, 3.8) is 0 Å². The Kier molecular flexibility index (Phi) is 4.22. The van der Waals surface area contributed by atoms with Gasteiger partial charge in [0.15, 0.2) is 0 Å². The van der Waals surface area contributed by atoms with Crippen molar-refractivity contribution >= 4 is 5.69 Å². The maximum atomic E-state index is 10.1. The molecule has 0 saturated heterocycles. The molecule has 0 unspecified atom stereocenters. The normalized spacial score (nSPS) is 16.1. The monoisotopic (exact) mass is 244 g/mol. The van der Waals surface area contributed by atoms with Crippen LogP contribution in [0.4, 0.5) is 5.69 Å². The smallest absolute Gasteiger partial charge is 0.0807 e. The third kappa shape index (κ3) is 2.83. The van der Waals surface area contributed by atoms with Crippen LogP contribution in [0.2, 0.25) is 0 Å². The number of hydrogen-bond donors (Lipinski definition) is 1. The van der Waals surface area contributed by atoms with Crippen molar-refractivity contribution < 1.29 is 5.11 Å². The van der Waals surface area contributed by atoms with Crippen LogP contribution < -0.4 is 4.90 Å². The van der Waals surface area contributed by atoms with E-state index in [0.717, 1.165) is 17.8 Å². The second-order valence-corrected chi connectivity index (χ2v) is 4.82. The molecule has 1 atom stereocenters. The van der Waals surface area contributed by atoms with Crippen molar-refractivity contribution in [2.24, 2.45) is 0 Å². The zero-order chi connectivity index (χ0) is 13.0. The molecule has 1 aliphatic rings. The number of benzene rings is 1. The maximum absolute atomic E-state index is 10.1. The van der Waals surface area contributed by atoms with Crippen LogP contribution in [0.25, 0.3) is 0 Å². The van der Waals surface area contributed by atoms with Crippen LogP contribution in [0.15, 0.2) is 24.3 Å². The third-order valence-electron chi connectivity index (χ3n) is 3.44. The van der Waals surface area contributed by atoms with Gasteiger partial charge in [0, 0.05) is 23.8 Å². The second-order valence-electron chi connectivity index (χ2n) is 4.82. The Morgan fingerprint density at radius 1 is 1.44 bits per heavy atom. The van der Waals surface area contributed by atoms with Crippen LogP contribution in [0, 0.1) is 11.3 Å². The van der Waals surface area contributed by atoms with Crippen LogP contribution in [0.5, 0.6) is 0 Å². The van der Waals surface area contributed by atoms with E-state index in [-0.39, 0.29) is 0 Å². The Labute approximate surface area is 109 Å². The van der Waals surface area contributed by atoms with Gasteiger partial charge in [-0.1, -0.05) is 25.1 Å². The molecule has 0 aliphatic heterocycles. The molecule has 0 heterocycles. The number of aliphatic hydroxyl groups excluding tert-OH is 1. The second kappa shape index (κ2) is 5.88. The first-order valence-corrected chi connectivity index (χ1v) is 6.68. The molecule has 18 heavy (non-hydrogen) atoms. The van der Waals surface area contributed by atoms with Crippen LogP contribution >= 0.6 is 0 Å². The predicted molar refractivity (Wildman–Crippen MR) is 72.3 cm³/mol. The maximum Gasteiger partial charge on any atom is 0.0807 e. The van der Waals surface area contributed by atoms with E-state index >= 15 is 0 Å². The number of hydrogen-bond acceptors (Lipinski definition) is 3. The van der Waals surface area contributed by atoms with Crippen LogP contribution in [0.1, 0.15) is 44.3 Å². The van der Waals surface area contributed by atoms with Gasteiger partial charge in [0.2, 0.25) is 0 Å². The van der Waals surface area contributed by atoms with Crippen LogP contribution in [-0.2, 0) is 0 Å². The zero-order valence-electron chi connectivity index (χ0n) is 10.8. The summed E-state index contributed by atoms with van der Waals surface area (Å²) in [5, 5.41) is 18.9. The fourth-order valence-electron chi connectivity index (χ4n) is 2.31. The number of nitriles is 1. The lowest BCUT2D eigenvalue weighted by atomic mass is 10.0. The summed E-state index contributed by atoms with van der Waals surface area (Å²) in [4.78, 5) is 2.29. The van der Waals surface area contributed by atoms with Crippen molar-refractivity contribution in [3.05, 3.63) is 29.8 Å². The predicted octanol–water partition coefficient (Wildman–Crippen LogP) is 3.01. The van der Waals surface area contributed by atoms with Gasteiger partial charge in [-0.2, -0.15) is 5.26 Å². The zero-order valence-corrected chi connectivity index (χ0v) is 10.8. The highest BCUT2D eigenvalue weighted by Gasteiger charge is 2.30. The van der Waals surface area contributed by atoms with Crippen molar-refractivity contribution in [3.8, 4) is 6.07 Å². The van der Waals surface area contributed by atoms with Crippen molar-refractivity contribution in [2.75, 3.05) is 11.4 Å². The van der Waals surface area contributed by atoms with E-state index in [1.165, 1.54) is 12.8 Å². The number of nitrogens with zero attached hydrogens (tertiary/aromatic N) is 2. The topological polar surface area (TPSA) is 47.3 Å². The molecule has 96 valence electrons. The summed E-state index contributed by atoms with van der Waals surface area (Å²) in [7, 11) is 0. The lowest BCUT2D eigenvalue weighted by Crippen LogP contribution is -2.28. The minimum absolute atomic E-state index is 0.412. The van der Waals surface area contributed by atoms with Gasteiger partial charge in [0.05, 0.1) is 18.6 Å². The van der Waals surface area contributed by atoms with Crippen molar-refractivity contribution in [1.82, 2.24) is 0 Å². The molecule has 1 aromatic rings. The Balaban J connectivity index is 2.26. The Hall–Kier alpha value is -1.53. The van der Waals surface area contributed by atoms with Crippen LogP contribution in [0.3, 0.4) is 0 Å². The SMILES string of the molecule is CC[C@H](O)c1ccccc1N(CCC#N)C1CC1. The standard InChI is InChI=1S/C15H20N2O/c1-2-15(18)13-6-3-4-7-14(13)17(11-5-10-16)12-8-9-12/h3-4,6-7,12,15,18H,2,5,8-9,11H2,1H3/t15-/m0/s1. The highest BCUT2D eigenvalue weighted by Crippen LogP contribution is 2.36. The molecular formula is C15H20N2O. The fourth-order valence-corrected chi connectivity index (χ4v) is 2.31. The molecule has 0 radical (unpaired) electrons. The van der Waals surface area contributed by atoms with Gasteiger partial charge in [-0.25, -0.2) is 0 Å². The van der Waals surface area contributed by atoms with Gasteiger partial charge in [-0.3, -0.25) is 0 Å². The Morgan fingerprint density at radius 3 is 2.78 bits per heavy atom. The average Bonchev–Trinajstić information content (AvgIpc) is 3.23. The minimum Gasteiger partial charge on any atom is -0.388 e. The van der Waals surface area contributed by atoms with E-state index < -0.39 is 6.10 Å². The number of para-hydroxylation sites is 1. The first-order chi connectivity index (χ1) is 8.77. The summed E-state index contributed by atoms with van der Waals surface area (Å²) < 4.78 is 0. The first-order valence-electron chi connectivity index (χ1n) is 6.68. The highest BCUT2D eigenvalue weighted by molar-refractivity contribution is 5.56. The molecule has 0 spiro atoms. The molecule has 1 aliphatic carbocycles. The van der Waals surface area contributed by atoms with E-state index in [0.29, 0.717) is 18.9 Å². The first kappa shape index (κ1) is 12.9. The molecular weight excluding hydrogens is 224 g/mol. The molecule has 0 aromatic heterocycles. The van der Waals surface area contributed by atoms with Gasteiger partial charge >= 0.3 is 0 Å². The molecule has 1 aromatic carbocycles. The Morgan fingerprint density at radius 2 is 2.17 bits per heavy atom. The third-order valence-corrected chi connectivity index (χ3v) is 3.44. The Bertz CT molecular complexity index is 434. The van der Waals surface area contributed by atoms with Gasteiger partial charge in [-0.05, 0) is 25.3 Å². The van der Waals surface area contributed by atoms with E-state index in [1.54, 1.807) is 0 Å². The summed E-state index contributed by atoms with van der Waals surface area (Å²) >= 11 is 0. The summed E-state index contributed by atoms with van der Waals surface area (Å²) in [6, 6.07) is 10.8. The van der Waals surface area contributed by atoms with E-state index in [9.17, 15) is 5.11 Å². The van der Waals surface area contributed by atoms with E-state index in [2.05, 4.69) is 17.0 Å². The van der Waals surface area contributed by atoms with Gasteiger partial charge in [-0.15, -0.1) is 0 Å². The molecule has 1 fully saturated rings. The lowest BCUT2D eigenvalue weighted by molar-refractivity contribution is 0.174. The molecule has 2 rings (SSSR count). The summed E-state index contributed by atoms with van der Waals surface area (Å²) in [5.74, 6) is 0. The van der Waals surface area contributed by atoms with E-state index in [4.69, 9.17) is 5.26 Å². The number of rotatable bonds is 6. The fraction of sp³-hybridized carbons (Fsp3) is 0.533. The molecule has 3 heteroatoms. The van der Waals surface area contributed by atoms with Crippen molar-refractivity contribution in [1.29, 1.82) is 5.26 Å². The molecule has 1 N–H and O–H groups in total. The molecule has 3 nitrogen and oxygen atoms in total. The van der Waals surface area contributed by atoms with E-state index in [1.807, 2.05) is 25.1 Å². The molecule has 0 amide bonds. The van der Waals surface area contributed by atoms with Crippen LogP contribution in [-0.4, -0.2) is 17.7 Å². The number of anilines is 1.